The Morgan fingerprint density at radius 2 is 2.21 bits per heavy atom. The Bertz CT molecular complexity index is 834. The number of fused-ring (bicyclic) bond motifs is 1. The fourth-order valence-electron chi connectivity index (χ4n) is 2.53. The highest BCUT2D eigenvalue weighted by Gasteiger charge is 2.21. The molecule has 0 fully saturated rings. The summed E-state index contributed by atoms with van der Waals surface area (Å²) in [6.45, 7) is 4.31. The van der Waals surface area contributed by atoms with Crippen molar-refractivity contribution < 1.29 is 19.1 Å². The molecule has 2 unspecified atom stereocenters. The van der Waals surface area contributed by atoms with Gasteiger partial charge in [-0.1, -0.05) is 5.16 Å². The van der Waals surface area contributed by atoms with Gasteiger partial charge in [0.1, 0.15) is 12.9 Å². The Labute approximate surface area is 177 Å². The lowest BCUT2D eigenvalue weighted by Crippen LogP contribution is -2.41. The van der Waals surface area contributed by atoms with Gasteiger partial charge < -0.3 is 19.6 Å². The van der Waals surface area contributed by atoms with E-state index in [4.69, 9.17) is 9.47 Å². The lowest BCUT2D eigenvalue weighted by molar-refractivity contribution is -0.125. The van der Waals surface area contributed by atoms with E-state index in [0.29, 0.717) is 18.8 Å². The second-order valence-corrected chi connectivity index (χ2v) is 7.93. The third kappa shape index (κ3) is 6.56. The van der Waals surface area contributed by atoms with Gasteiger partial charge in [-0.05, 0) is 59.8 Å². The standard InChI is InChI=1S/C19H24BrN3O4S/c1-12-7-16(9-14-8-15(20)10-21-17(12)14)27-19(28-4)18(24)23-13(2)5-6-26-11-22-25-3/h7-11,13,19H,5-6H2,1-4H3,(H,23,24)/b22-11+. The number of carbonyl (C=O) groups is 1. The van der Waals surface area contributed by atoms with E-state index >= 15 is 0 Å². The highest BCUT2D eigenvalue weighted by atomic mass is 79.9. The number of thioether (sulfide) groups is 1. The zero-order valence-electron chi connectivity index (χ0n) is 16.3. The number of hydrogen-bond donors (Lipinski definition) is 1. The summed E-state index contributed by atoms with van der Waals surface area (Å²) < 4.78 is 12.0. The van der Waals surface area contributed by atoms with E-state index < -0.39 is 5.44 Å². The molecule has 0 aliphatic rings. The van der Waals surface area contributed by atoms with Gasteiger partial charge in [0.05, 0.1) is 12.1 Å². The van der Waals surface area contributed by atoms with E-state index in [1.807, 2.05) is 38.3 Å². The molecule has 0 aliphatic heterocycles. The van der Waals surface area contributed by atoms with Crippen LogP contribution in [0.4, 0.5) is 0 Å². The minimum absolute atomic E-state index is 0.0693. The van der Waals surface area contributed by atoms with Crippen LogP contribution in [-0.2, 0) is 14.4 Å². The minimum atomic E-state index is -0.657. The van der Waals surface area contributed by atoms with Crippen LogP contribution in [0.15, 0.2) is 34.0 Å². The number of halogens is 1. The van der Waals surface area contributed by atoms with Crippen LogP contribution in [-0.4, -0.2) is 48.7 Å². The molecular weight excluding hydrogens is 446 g/mol. The molecule has 2 rings (SSSR count). The van der Waals surface area contributed by atoms with E-state index in [2.05, 4.69) is 36.2 Å². The molecule has 0 aliphatic carbocycles. The molecule has 2 aromatic rings. The lowest BCUT2D eigenvalue weighted by Gasteiger charge is -2.20. The average Bonchev–Trinajstić information content (AvgIpc) is 2.65. The van der Waals surface area contributed by atoms with Crippen molar-refractivity contribution in [1.82, 2.24) is 10.3 Å². The Balaban J connectivity index is 1.98. The molecule has 1 amide bonds. The maximum atomic E-state index is 12.6. The second kappa shape index (κ2) is 11.1. The van der Waals surface area contributed by atoms with E-state index in [0.717, 1.165) is 20.9 Å². The molecule has 0 spiro atoms. The van der Waals surface area contributed by atoms with Crippen molar-refractivity contribution in [1.29, 1.82) is 0 Å². The summed E-state index contributed by atoms with van der Waals surface area (Å²) in [6, 6.07) is 5.70. The number of aromatic nitrogens is 1. The van der Waals surface area contributed by atoms with Crippen molar-refractivity contribution >= 4 is 50.9 Å². The molecule has 2 atom stereocenters. The van der Waals surface area contributed by atoms with Crippen LogP contribution in [0, 0.1) is 6.92 Å². The van der Waals surface area contributed by atoms with Crippen LogP contribution in [0.5, 0.6) is 5.75 Å². The van der Waals surface area contributed by atoms with Crippen molar-refractivity contribution in [2.75, 3.05) is 20.0 Å². The quantitative estimate of drug-likeness (QED) is 0.187. The van der Waals surface area contributed by atoms with Gasteiger partial charge in [0.15, 0.2) is 0 Å². The zero-order chi connectivity index (χ0) is 20.5. The number of amides is 1. The molecule has 7 nitrogen and oxygen atoms in total. The first-order chi connectivity index (χ1) is 13.4. The minimum Gasteiger partial charge on any atom is -0.481 e. The number of aryl methyl sites for hydroxylation is 1. The molecule has 1 aromatic heterocycles. The first-order valence-electron chi connectivity index (χ1n) is 8.67. The molecule has 0 saturated heterocycles. The molecule has 1 N–H and O–H groups in total. The Morgan fingerprint density at radius 1 is 1.43 bits per heavy atom. The molecule has 0 saturated carbocycles. The number of pyridine rings is 1. The normalized spacial score (nSPS) is 13.3. The summed E-state index contributed by atoms with van der Waals surface area (Å²) in [5.74, 6) is 0.446. The Hall–Kier alpha value is -2.00. The lowest BCUT2D eigenvalue weighted by atomic mass is 10.1. The number of ether oxygens (including phenoxy) is 2. The number of nitrogens with one attached hydrogen (secondary N) is 1. The van der Waals surface area contributed by atoms with Crippen LogP contribution in [0.3, 0.4) is 0 Å². The van der Waals surface area contributed by atoms with Gasteiger partial charge in [0.2, 0.25) is 11.8 Å². The average molecular weight is 470 g/mol. The smallest absolute Gasteiger partial charge is 0.271 e. The Morgan fingerprint density at radius 3 is 2.93 bits per heavy atom. The summed E-state index contributed by atoms with van der Waals surface area (Å²) in [4.78, 5) is 21.5. The van der Waals surface area contributed by atoms with Gasteiger partial charge in [-0.3, -0.25) is 9.78 Å². The van der Waals surface area contributed by atoms with Gasteiger partial charge >= 0.3 is 0 Å². The highest BCUT2D eigenvalue weighted by Crippen LogP contribution is 2.27. The summed E-state index contributed by atoms with van der Waals surface area (Å²) in [5.41, 5.74) is 1.24. The first-order valence-corrected chi connectivity index (χ1v) is 10.7. The molecular formula is C19H24BrN3O4S. The Kier molecular flexibility index (Phi) is 8.85. The summed E-state index contributed by atoms with van der Waals surface area (Å²) in [6.07, 6.45) is 5.47. The fraction of sp³-hybridized carbons (Fsp3) is 0.421. The predicted octanol–water partition coefficient (Wildman–Crippen LogP) is 3.87. The summed E-state index contributed by atoms with van der Waals surface area (Å²) >= 11 is 4.77. The molecule has 1 aromatic carbocycles. The van der Waals surface area contributed by atoms with E-state index in [-0.39, 0.29) is 11.9 Å². The predicted molar refractivity (Wildman–Crippen MR) is 116 cm³/mol. The van der Waals surface area contributed by atoms with Crippen LogP contribution in [0.1, 0.15) is 18.9 Å². The summed E-state index contributed by atoms with van der Waals surface area (Å²) in [5, 5.41) is 7.38. The van der Waals surface area contributed by atoms with E-state index in [1.165, 1.54) is 25.3 Å². The zero-order valence-corrected chi connectivity index (χ0v) is 18.7. The van der Waals surface area contributed by atoms with Crippen molar-refractivity contribution in [3.8, 4) is 5.75 Å². The van der Waals surface area contributed by atoms with Crippen LogP contribution < -0.4 is 10.1 Å². The monoisotopic (exact) mass is 469 g/mol. The van der Waals surface area contributed by atoms with Gasteiger partial charge in [-0.25, -0.2) is 0 Å². The van der Waals surface area contributed by atoms with Gasteiger partial charge in [-0.2, -0.15) is 0 Å². The van der Waals surface area contributed by atoms with Gasteiger partial charge in [0.25, 0.3) is 5.91 Å². The largest absolute Gasteiger partial charge is 0.481 e. The van der Waals surface area contributed by atoms with Crippen LogP contribution in [0.25, 0.3) is 10.9 Å². The van der Waals surface area contributed by atoms with Crippen LogP contribution in [0.2, 0.25) is 0 Å². The molecule has 9 heteroatoms. The topological polar surface area (TPSA) is 82.0 Å². The van der Waals surface area contributed by atoms with Gasteiger partial charge in [0, 0.05) is 28.5 Å². The molecule has 0 bridgehead atoms. The van der Waals surface area contributed by atoms with Crippen molar-refractivity contribution in [3.63, 3.8) is 0 Å². The number of oxime groups is 1. The maximum Gasteiger partial charge on any atom is 0.271 e. The van der Waals surface area contributed by atoms with Crippen molar-refractivity contribution in [2.45, 2.75) is 31.7 Å². The van der Waals surface area contributed by atoms with Crippen molar-refractivity contribution in [2.24, 2.45) is 5.16 Å². The number of rotatable bonds is 10. The van der Waals surface area contributed by atoms with Crippen molar-refractivity contribution in [3.05, 3.63) is 34.4 Å². The van der Waals surface area contributed by atoms with Gasteiger partial charge in [-0.15, -0.1) is 11.8 Å². The second-order valence-electron chi connectivity index (χ2n) is 6.11. The highest BCUT2D eigenvalue weighted by molar-refractivity contribution is 9.10. The SMILES string of the molecule is CO/N=C/OCCC(C)NC(=O)C(Oc1cc(C)c2ncc(Br)cc2c1)SC. The number of nitrogens with zero attached hydrogens (tertiary/aromatic N) is 2. The third-order valence-electron chi connectivity index (χ3n) is 3.87. The number of benzene rings is 1. The van der Waals surface area contributed by atoms with E-state index in [1.54, 1.807) is 6.20 Å². The maximum absolute atomic E-state index is 12.6. The third-order valence-corrected chi connectivity index (χ3v) is 5.04. The molecule has 152 valence electrons. The molecule has 1 heterocycles. The molecule has 0 radical (unpaired) electrons. The first kappa shape index (κ1) is 22.3. The number of hydrogen-bond acceptors (Lipinski definition) is 7. The fourth-order valence-corrected chi connectivity index (χ4v) is 3.36. The molecule has 28 heavy (non-hydrogen) atoms. The van der Waals surface area contributed by atoms with E-state index in [9.17, 15) is 4.79 Å². The van der Waals surface area contributed by atoms with Crippen LogP contribution >= 0.6 is 27.7 Å². The number of carbonyl (C=O) groups excluding carboxylic acids is 1. The summed E-state index contributed by atoms with van der Waals surface area (Å²) in [7, 11) is 1.44.